The smallest absolute Gasteiger partial charge is 0.265 e. The van der Waals surface area contributed by atoms with E-state index in [2.05, 4.69) is 30.8 Å². The Morgan fingerprint density at radius 3 is 3.00 bits per heavy atom. The molecule has 1 fully saturated rings. The Hall–Kier alpha value is -0.490. The van der Waals surface area contributed by atoms with Gasteiger partial charge >= 0.3 is 0 Å². The zero-order valence-electron chi connectivity index (χ0n) is 10.5. The summed E-state index contributed by atoms with van der Waals surface area (Å²) in [4.78, 5) is 13.3. The molecular formula is C12H18BrN3OS. The van der Waals surface area contributed by atoms with Crippen molar-refractivity contribution in [2.45, 2.75) is 56.3 Å². The lowest BCUT2D eigenvalue weighted by molar-refractivity contribution is 0.0938. The molecular weight excluding hydrogens is 314 g/mol. The van der Waals surface area contributed by atoms with Gasteiger partial charge in [0.1, 0.15) is 4.88 Å². The van der Waals surface area contributed by atoms with Crippen molar-refractivity contribution in [3.05, 3.63) is 10.6 Å². The predicted molar refractivity (Wildman–Crippen MR) is 76.3 cm³/mol. The molecule has 1 aromatic rings. The SMILES string of the molecule is CCc1nnsc1C(=O)NC1CCCCCC1Br. The van der Waals surface area contributed by atoms with E-state index < -0.39 is 0 Å². The van der Waals surface area contributed by atoms with Gasteiger partial charge in [0.2, 0.25) is 0 Å². The van der Waals surface area contributed by atoms with Crippen LogP contribution in [-0.2, 0) is 6.42 Å². The first-order chi connectivity index (χ1) is 8.72. The minimum absolute atomic E-state index is 0.0156. The van der Waals surface area contributed by atoms with E-state index in [-0.39, 0.29) is 11.9 Å². The number of hydrogen-bond acceptors (Lipinski definition) is 4. The van der Waals surface area contributed by atoms with Gasteiger partial charge < -0.3 is 5.32 Å². The van der Waals surface area contributed by atoms with Crippen LogP contribution in [0.3, 0.4) is 0 Å². The van der Waals surface area contributed by atoms with Gasteiger partial charge in [-0.05, 0) is 30.8 Å². The Labute approximate surface area is 120 Å². The maximum absolute atomic E-state index is 12.2. The molecule has 0 aliphatic heterocycles. The molecule has 2 atom stereocenters. The van der Waals surface area contributed by atoms with Crippen LogP contribution in [0.2, 0.25) is 0 Å². The second kappa shape index (κ2) is 6.61. The first-order valence-electron chi connectivity index (χ1n) is 6.48. The third-order valence-corrected chi connectivity index (χ3v) is 5.21. The van der Waals surface area contributed by atoms with Crippen molar-refractivity contribution < 1.29 is 4.79 Å². The molecule has 1 saturated carbocycles. The molecule has 1 amide bonds. The van der Waals surface area contributed by atoms with Crippen LogP contribution in [0, 0.1) is 0 Å². The van der Waals surface area contributed by atoms with Gasteiger partial charge in [-0.2, -0.15) is 0 Å². The van der Waals surface area contributed by atoms with Crippen LogP contribution in [-0.4, -0.2) is 26.4 Å². The highest BCUT2D eigenvalue weighted by molar-refractivity contribution is 9.09. The van der Waals surface area contributed by atoms with Crippen LogP contribution in [0.15, 0.2) is 0 Å². The highest BCUT2D eigenvalue weighted by atomic mass is 79.9. The van der Waals surface area contributed by atoms with E-state index in [1.165, 1.54) is 30.8 Å². The third-order valence-electron chi connectivity index (χ3n) is 3.34. The summed E-state index contributed by atoms with van der Waals surface area (Å²) in [6.45, 7) is 1.99. The summed E-state index contributed by atoms with van der Waals surface area (Å²) in [5.41, 5.74) is 0.803. The number of amides is 1. The second-order valence-corrected chi connectivity index (χ2v) is 6.57. The maximum atomic E-state index is 12.2. The molecule has 0 bridgehead atoms. The molecule has 1 aliphatic carbocycles. The van der Waals surface area contributed by atoms with E-state index in [0.29, 0.717) is 9.70 Å². The monoisotopic (exact) mass is 331 g/mol. The van der Waals surface area contributed by atoms with Crippen LogP contribution in [0.1, 0.15) is 54.4 Å². The summed E-state index contributed by atoms with van der Waals surface area (Å²) in [6, 6.07) is 0.229. The zero-order valence-corrected chi connectivity index (χ0v) is 12.9. The number of aryl methyl sites for hydroxylation is 1. The quantitative estimate of drug-likeness (QED) is 0.684. The van der Waals surface area contributed by atoms with Gasteiger partial charge in [0.25, 0.3) is 5.91 Å². The molecule has 2 unspecified atom stereocenters. The van der Waals surface area contributed by atoms with Crippen LogP contribution in [0.4, 0.5) is 0 Å². The van der Waals surface area contributed by atoms with E-state index in [9.17, 15) is 4.79 Å². The van der Waals surface area contributed by atoms with Crippen LogP contribution < -0.4 is 5.32 Å². The Balaban J connectivity index is 2.01. The lowest BCUT2D eigenvalue weighted by Gasteiger charge is -2.21. The summed E-state index contributed by atoms with van der Waals surface area (Å²) in [5, 5.41) is 7.11. The second-order valence-electron chi connectivity index (χ2n) is 4.64. The lowest BCUT2D eigenvalue weighted by atomic mass is 10.1. The summed E-state index contributed by atoms with van der Waals surface area (Å²) >= 11 is 4.88. The van der Waals surface area contributed by atoms with E-state index in [0.717, 1.165) is 25.0 Å². The molecule has 100 valence electrons. The van der Waals surface area contributed by atoms with Crippen molar-refractivity contribution in [3.8, 4) is 0 Å². The van der Waals surface area contributed by atoms with Crippen molar-refractivity contribution in [1.82, 2.24) is 14.9 Å². The fraction of sp³-hybridized carbons (Fsp3) is 0.750. The average Bonchev–Trinajstić information content (AvgIpc) is 2.76. The van der Waals surface area contributed by atoms with Gasteiger partial charge in [0.05, 0.1) is 5.69 Å². The largest absolute Gasteiger partial charge is 0.347 e. The van der Waals surface area contributed by atoms with Gasteiger partial charge in [-0.15, -0.1) is 5.10 Å². The van der Waals surface area contributed by atoms with Crippen molar-refractivity contribution in [1.29, 1.82) is 0 Å². The van der Waals surface area contributed by atoms with Crippen molar-refractivity contribution in [3.63, 3.8) is 0 Å². The standard InChI is InChI=1S/C12H18BrN3OS/c1-2-9-11(18-16-15-9)12(17)14-10-7-5-3-4-6-8(10)13/h8,10H,2-7H2,1H3,(H,14,17). The number of carbonyl (C=O) groups is 1. The maximum Gasteiger partial charge on any atom is 0.265 e. The number of alkyl halides is 1. The van der Waals surface area contributed by atoms with Crippen LogP contribution in [0.5, 0.6) is 0 Å². The van der Waals surface area contributed by atoms with Crippen molar-refractivity contribution >= 4 is 33.4 Å². The fourth-order valence-electron chi connectivity index (χ4n) is 2.27. The first kappa shape index (κ1) is 13.9. The van der Waals surface area contributed by atoms with Gasteiger partial charge in [-0.1, -0.05) is 46.6 Å². The molecule has 1 heterocycles. The molecule has 4 nitrogen and oxygen atoms in total. The number of aromatic nitrogens is 2. The molecule has 0 spiro atoms. The van der Waals surface area contributed by atoms with Gasteiger partial charge in [0, 0.05) is 10.9 Å². The Kier molecular flexibility index (Phi) is 5.12. The number of rotatable bonds is 3. The summed E-state index contributed by atoms with van der Waals surface area (Å²) < 4.78 is 3.86. The van der Waals surface area contributed by atoms with Crippen molar-refractivity contribution in [2.24, 2.45) is 0 Å². The number of nitrogens with zero attached hydrogens (tertiary/aromatic N) is 2. The molecule has 1 N–H and O–H groups in total. The van der Waals surface area contributed by atoms with Crippen LogP contribution in [0.25, 0.3) is 0 Å². The zero-order chi connectivity index (χ0) is 13.0. The third kappa shape index (κ3) is 3.29. The van der Waals surface area contributed by atoms with Crippen LogP contribution >= 0.6 is 27.5 Å². The molecule has 2 rings (SSSR count). The van der Waals surface area contributed by atoms with Gasteiger partial charge in [-0.25, -0.2) is 0 Å². The number of carbonyl (C=O) groups excluding carboxylic acids is 1. The Morgan fingerprint density at radius 1 is 1.44 bits per heavy atom. The number of hydrogen-bond donors (Lipinski definition) is 1. The first-order valence-corrected chi connectivity index (χ1v) is 8.17. The highest BCUT2D eigenvalue weighted by Gasteiger charge is 2.25. The van der Waals surface area contributed by atoms with E-state index in [1.54, 1.807) is 0 Å². The summed E-state index contributed by atoms with van der Waals surface area (Å²) in [7, 11) is 0. The molecule has 1 aromatic heterocycles. The summed E-state index contributed by atoms with van der Waals surface area (Å²) in [6.07, 6.45) is 6.62. The van der Waals surface area contributed by atoms with E-state index in [1.807, 2.05) is 6.92 Å². The fourth-order valence-corrected chi connectivity index (χ4v) is 3.64. The highest BCUT2D eigenvalue weighted by Crippen LogP contribution is 2.24. The number of nitrogens with one attached hydrogen (secondary N) is 1. The molecule has 6 heteroatoms. The predicted octanol–water partition coefficient (Wildman–Crippen LogP) is 2.93. The average molecular weight is 332 g/mol. The van der Waals surface area contributed by atoms with E-state index >= 15 is 0 Å². The van der Waals surface area contributed by atoms with Gasteiger partial charge in [0.15, 0.2) is 0 Å². The molecule has 1 aliphatic rings. The lowest BCUT2D eigenvalue weighted by Crippen LogP contribution is -2.40. The molecule has 0 aromatic carbocycles. The minimum atomic E-state index is -0.0156. The van der Waals surface area contributed by atoms with Gasteiger partial charge in [-0.3, -0.25) is 4.79 Å². The topological polar surface area (TPSA) is 54.9 Å². The minimum Gasteiger partial charge on any atom is -0.347 e. The Morgan fingerprint density at radius 2 is 2.22 bits per heavy atom. The molecule has 0 saturated heterocycles. The van der Waals surface area contributed by atoms with Crippen molar-refractivity contribution in [2.75, 3.05) is 0 Å². The number of halogens is 1. The normalized spacial score (nSPS) is 24.6. The summed E-state index contributed by atoms with van der Waals surface area (Å²) in [5.74, 6) is -0.0156. The molecule has 0 radical (unpaired) electrons. The Bertz CT molecular complexity index is 410. The molecule has 18 heavy (non-hydrogen) atoms. The van der Waals surface area contributed by atoms with E-state index in [4.69, 9.17) is 0 Å².